The first-order valence-electron chi connectivity index (χ1n) is 10.6. The number of anilines is 1. The largest absolute Gasteiger partial charge is 0.465 e. The predicted octanol–water partition coefficient (Wildman–Crippen LogP) is 3.48. The highest BCUT2D eigenvalue weighted by Crippen LogP contribution is 2.34. The van der Waals surface area contributed by atoms with Crippen LogP contribution in [0.4, 0.5) is 10.5 Å². The lowest BCUT2D eigenvalue weighted by Gasteiger charge is -2.26. The fourth-order valence-electron chi connectivity index (χ4n) is 3.49. The number of amides is 1. The molecule has 0 saturated carbocycles. The maximum atomic E-state index is 13.0. The molecular formula is C23H29N3O6S. The van der Waals surface area contributed by atoms with Crippen LogP contribution in [-0.4, -0.2) is 48.8 Å². The van der Waals surface area contributed by atoms with E-state index in [0.29, 0.717) is 17.9 Å². The number of methoxy groups -OCH3 is 1. The van der Waals surface area contributed by atoms with Crippen LogP contribution >= 0.6 is 0 Å². The van der Waals surface area contributed by atoms with Crippen molar-refractivity contribution < 1.29 is 27.5 Å². The van der Waals surface area contributed by atoms with Crippen molar-refractivity contribution in [3.05, 3.63) is 58.9 Å². The molecule has 0 aliphatic carbocycles. The van der Waals surface area contributed by atoms with E-state index in [1.54, 1.807) is 56.9 Å². The summed E-state index contributed by atoms with van der Waals surface area (Å²) in [6, 6.07) is 8.53. The van der Waals surface area contributed by atoms with Gasteiger partial charge in [0.05, 0.1) is 42.9 Å². The Balaban J connectivity index is 1.93. The van der Waals surface area contributed by atoms with Crippen LogP contribution in [0.25, 0.3) is 0 Å². The minimum atomic E-state index is -3.66. The summed E-state index contributed by atoms with van der Waals surface area (Å²) in [5.41, 5.74) is 2.24. The van der Waals surface area contributed by atoms with E-state index in [0.717, 1.165) is 11.1 Å². The van der Waals surface area contributed by atoms with E-state index >= 15 is 0 Å². The van der Waals surface area contributed by atoms with Gasteiger partial charge in [-0.3, -0.25) is 14.2 Å². The number of fused-ring (bicyclic) bond motifs is 1. The minimum Gasteiger partial charge on any atom is -0.465 e. The SMILES string of the molecule is CCS(=O)(=O)N(Cc1ccc(C(=O)OC)cn1)c1cccc2c1CN(C(=O)OC(C)(C)C)C2. The summed E-state index contributed by atoms with van der Waals surface area (Å²) in [7, 11) is -2.38. The Labute approximate surface area is 194 Å². The number of carbonyl (C=O) groups excluding carboxylic acids is 2. The average molecular weight is 476 g/mol. The molecule has 0 bridgehead atoms. The Morgan fingerprint density at radius 1 is 1.15 bits per heavy atom. The first-order valence-corrected chi connectivity index (χ1v) is 12.2. The molecular weight excluding hydrogens is 446 g/mol. The number of esters is 1. The second-order valence-corrected chi connectivity index (χ2v) is 10.9. The number of aromatic nitrogens is 1. The van der Waals surface area contributed by atoms with Crippen molar-refractivity contribution in [2.45, 2.75) is 52.9 Å². The molecule has 3 rings (SSSR count). The zero-order chi connectivity index (χ0) is 24.4. The average Bonchev–Trinajstić information content (AvgIpc) is 3.21. The van der Waals surface area contributed by atoms with Crippen LogP contribution in [0, 0.1) is 0 Å². The third-order valence-corrected chi connectivity index (χ3v) is 6.86. The molecule has 0 radical (unpaired) electrons. The van der Waals surface area contributed by atoms with E-state index in [2.05, 4.69) is 9.72 Å². The van der Waals surface area contributed by atoms with Gasteiger partial charge in [-0.15, -0.1) is 0 Å². The zero-order valence-electron chi connectivity index (χ0n) is 19.5. The van der Waals surface area contributed by atoms with Gasteiger partial charge in [-0.05, 0) is 51.5 Å². The quantitative estimate of drug-likeness (QED) is 0.589. The van der Waals surface area contributed by atoms with Gasteiger partial charge in [-0.1, -0.05) is 12.1 Å². The molecule has 9 nitrogen and oxygen atoms in total. The van der Waals surface area contributed by atoms with Gasteiger partial charge in [-0.2, -0.15) is 0 Å². The van der Waals surface area contributed by atoms with Gasteiger partial charge < -0.3 is 9.47 Å². The van der Waals surface area contributed by atoms with Crippen molar-refractivity contribution in [1.29, 1.82) is 0 Å². The van der Waals surface area contributed by atoms with Gasteiger partial charge in [0, 0.05) is 18.3 Å². The second-order valence-electron chi connectivity index (χ2n) is 8.69. The van der Waals surface area contributed by atoms with E-state index in [4.69, 9.17) is 4.74 Å². The third kappa shape index (κ3) is 5.62. The molecule has 0 atom stereocenters. The molecule has 2 aromatic rings. The summed E-state index contributed by atoms with van der Waals surface area (Å²) >= 11 is 0. The molecule has 0 saturated heterocycles. The van der Waals surface area contributed by atoms with Crippen molar-refractivity contribution in [3.8, 4) is 0 Å². The van der Waals surface area contributed by atoms with Crippen molar-refractivity contribution in [3.63, 3.8) is 0 Å². The number of sulfonamides is 1. The lowest BCUT2D eigenvalue weighted by atomic mass is 10.1. The highest BCUT2D eigenvalue weighted by atomic mass is 32.2. The maximum absolute atomic E-state index is 13.0. The van der Waals surface area contributed by atoms with E-state index in [1.165, 1.54) is 17.6 Å². The standard InChI is InChI=1S/C23H29N3O6S/c1-6-33(29,30)26(14-18-11-10-16(12-24-18)21(27)31-5)20-9-7-8-17-13-25(15-19(17)20)22(28)32-23(2,3)4/h7-12H,6,13-15H2,1-5H3. The number of nitrogens with zero attached hydrogens (tertiary/aromatic N) is 3. The fraction of sp³-hybridized carbons (Fsp3) is 0.435. The lowest BCUT2D eigenvalue weighted by Crippen LogP contribution is -2.34. The van der Waals surface area contributed by atoms with E-state index < -0.39 is 27.7 Å². The van der Waals surface area contributed by atoms with Crippen molar-refractivity contribution in [2.75, 3.05) is 17.2 Å². The minimum absolute atomic E-state index is 0.0134. The fourth-order valence-corrected chi connectivity index (χ4v) is 4.60. The van der Waals surface area contributed by atoms with Gasteiger partial charge >= 0.3 is 12.1 Å². The molecule has 2 heterocycles. The van der Waals surface area contributed by atoms with E-state index in [1.807, 2.05) is 6.07 Å². The molecule has 0 unspecified atom stereocenters. The molecule has 1 aliphatic rings. The van der Waals surface area contributed by atoms with Gasteiger partial charge in [-0.25, -0.2) is 18.0 Å². The van der Waals surface area contributed by atoms with Crippen molar-refractivity contribution in [1.82, 2.24) is 9.88 Å². The van der Waals surface area contributed by atoms with Crippen LogP contribution in [0.1, 0.15) is 54.9 Å². The predicted molar refractivity (Wildman–Crippen MR) is 123 cm³/mol. The normalized spacial score (nSPS) is 13.4. The number of hydrogen-bond acceptors (Lipinski definition) is 7. The molecule has 0 spiro atoms. The summed E-state index contributed by atoms with van der Waals surface area (Å²) in [5, 5.41) is 0. The molecule has 1 aromatic heterocycles. The summed E-state index contributed by atoms with van der Waals surface area (Å²) in [6.07, 6.45) is 0.909. The number of hydrogen-bond donors (Lipinski definition) is 0. The molecule has 33 heavy (non-hydrogen) atoms. The van der Waals surface area contributed by atoms with Crippen molar-refractivity contribution >= 4 is 27.8 Å². The topological polar surface area (TPSA) is 106 Å². The Morgan fingerprint density at radius 2 is 1.88 bits per heavy atom. The van der Waals surface area contributed by atoms with Crippen LogP contribution in [-0.2, 0) is 39.1 Å². The summed E-state index contributed by atoms with van der Waals surface area (Å²) in [5.74, 6) is -0.623. The molecule has 0 fully saturated rings. The third-order valence-electron chi connectivity index (χ3n) is 5.13. The van der Waals surface area contributed by atoms with Crippen LogP contribution in [0.3, 0.4) is 0 Å². The Bertz CT molecular complexity index is 1140. The maximum Gasteiger partial charge on any atom is 0.410 e. The molecule has 0 N–H and O–H groups in total. The van der Waals surface area contributed by atoms with Crippen LogP contribution < -0.4 is 4.31 Å². The van der Waals surface area contributed by atoms with E-state index in [-0.39, 0.29) is 24.4 Å². The smallest absolute Gasteiger partial charge is 0.410 e. The van der Waals surface area contributed by atoms with Gasteiger partial charge in [0.2, 0.25) is 10.0 Å². The van der Waals surface area contributed by atoms with Crippen LogP contribution in [0.5, 0.6) is 0 Å². The summed E-state index contributed by atoms with van der Waals surface area (Å²) in [4.78, 5) is 30.1. The molecule has 1 aromatic carbocycles. The molecule has 1 aliphatic heterocycles. The number of pyridine rings is 1. The Hall–Kier alpha value is -3.14. The second kappa shape index (κ2) is 9.38. The highest BCUT2D eigenvalue weighted by molar-refractivity contribution is 7.92. The number of rotatable bonds is 6. The van der Waals surface area contributed by atoms with Crippen LogP contribution in [0.15, 0.2) is 36.5 Å². The zero-order valence-corrected chi connectivity index (χ0v) is 20.3. The Morgan fingerprint density at radius 3 is 2.45 bits per heavy atom. The molecule has 1 amide bonds. The number of carbonyl (C=O) groups is 2. The van der Waals surface area contributed by atoms with Gasteiger partial charge in [0.15, 0.2) is 0 Å². The van der Waals surface area contributed by atoms with Crippen LogP contribution in [0.2, 0.25) is 0 Å². The number of ether oxygens (including phenoxy) is 2. The molecule has 178 valence electrons. The van der Waals surface area contributed by atoms with Crippen molar-refractivity contribution in [2.24, 2.45) is 0 Å². The van der Waals surface area contributed by atoms with E-state index in [9.17, 15) is 18.0 Å². The van der Waals surface area contributed by atoms with Gasteiger partial charge in [0.1, 0.15) is 5.60 Å². The number of benzene rings is 1. The molecule has 10 heteroatoms. The highest BCUT2D eigenvalue weighted by Gasteiger charge is 2.32. The monoisotopic (exact) mass is 475 g/mol. The first-order chi connectivity index (χ1) is 15.4. The summed E-state index contributed by atoms with van der Waals surface area (Å²) < 4.78 is 37.6. The summed E-state index contributed by atoms with van der Waals surface area (Å²) in [6.45, 7) is 7.54. The van der Waals surface area contributed by atoms with Gasteiger partial charge in [0.25, 0.3) is 0 Å². The Kier molecular flexibility index (Phi) is 6.97. The lowest BCUT2D eigenvalue weighted by molar-refractivity contribution is 0.0241. The first kappa shape index (κ1) is 24.5.